The number of nitrogens with two attached hydrogens (primary N) is 2. The van der Waals surface area contributed by atoms with Crippen molar-refractivity contribution in [3.8, 4) is 0 Å². The molecule has 19 heavy (non-hydrogen) atoms. The fraction of sp³-hybridized carbons (Fsp3) is 0.538. The second-order valence-electron chi connectivity index (χ2n) is 6.32. The molecule has 0 spiro atoms. The molecule has 106 valence electrons. The molecule has 0 atom stereocenters. The van der Waals surface area contributed by atoms with Gasteiger partial charge in [0.2, 0.25) is 10.0 Å². The Kier molecular flexibility index (Phi) is 2.88. The number of nitrogens with one attached hydrogen (secondary N) is 1. The molecule has 0 aromatic heterocycles. The molecule has 1 aromatic rings. The van der Waals surface area contributed by atoms with Crippen LogP contribution >= 0.6 is 0 Å². The molecule has 0 unspecified atom stereocenters. The van der Waals surface area contributed by atoms with E-state index in [1.165, 1.54) is 6.07 Å². The first-order valence-electron chi connectivity index (χ1n) is 6.17. The Labute approximate surface area is 114 Å². The third-order valence-corrected chi connectivity index (χ3v) is 5.63. The summed E-state index contributed by atoms with van der Waals surface area (Å²) in [4.78, 5) is -0.0348. The van der Waals surface area contributed by atoms with Gasteiger partial charge in [0.25, 0.3) is 0 Å². The molecule has 6 heteroatoms. The van der Waals surface area contributed by atoms with Crippen LogP contribution in [0.2, 0.25) is 0 Å². The summed E-state index contributed by atoms with van der Waals surface area (Å²) in [5.74, 6) is 0. The maximum absolute atomic E-state index is 11.3. The molecule has 0 radical (unpaired) electrons. The van der Waals surface area contributed by atoms with Gasteiger partial charge in [0, 0.05) is 11.7 Å². The number of hydrogen-bond donors (Lipinski definition) is 3. The van der Waals surface area contributed by atoms with Crippen molar-refractivity contribution in [1.82, 2.24) is 0 Å². The van der Waals surface area contributed by atoms with Crippen LogP contribution in [0.25, 0.3) is 0 Å². The molecule has 0 amide bonds. The lowest BCUT2D eigenvalue weighted by Crippen LogP contribution is -2.15. The summed E-state index contributed by atoms with van der Waals surface area (Å²) in [6.07, 6.45) is 0. The lowest BCUT2D eigenvalue weighted by Gasteiger charge is -2.11. The smallest absolute Gasteiger partial charge is 0.240 e. The largest absolute Gasteiger partial charge is 0.398 e. The van der Waals surface area contributed by atoms with Crippen LogP contribution in [0, 0.1) is 10.8 Å². The maximum Gasteiger partial charge on any atom is 0.240 e. The fourth-order valence-electron chi connectivity index (χ4n) is 2.62. The molecule has 1 aromatic carbocycles. The average molecular weight is 283 g/mol. The summed E-state index contributed by atoms with van der Waals surface area (Å²) >= 11 is 0. The average Bonchev–Trinajstić information content (AvgIpc) is 2.59. The van der Waals surface area contributed by atoms with Crippen LogP contribution in [-0.4, -0.2) is 14.5 Å². The van der Waals surface area contributed by atoms with Crippen molar-refractivity contribution < 1.29 is 8.42 Å². The quantitative estimate of drug-likeness (QED) is 0.736. The predicted octanol–water partition coefficient (Wildman–Crippen LogP) is 1.76. The molecule has 1 aliphatic rings. The first-order chi connectivity index (χ1) is 8.48. The summed E-state index contributed by atoms with van der Waals surface area (Å²) in [6.45, 7) is 8.80. The maximum atomic E-state index is 11.3. The molecule has 1 saturated carbocycles. The third-order valence-electron chi connectivity index (χ3n) is 4.65. The van der Waals surface area contributed by atoms with Crippen LogP contribution in [0.15, 0.2) is 23.1 Å². The van der Waals surface area contributed by atoms with Crippen molar-refractivity contribution in [2.24, 2.45) is 16.0 Å². The molecule has 2 rings (SSSR count). The molecule has 1 aliphatic carbocycles. The van der Waals surface area contributed by atoms with Gasteiger partial charge in [0.15, 0.2) is 0 Å². The topological polar surface area (TPSA) is 98.2 Å². The van der Waals surface area contributed by atoms with Gasteiger partial charge >= 0.3 is 0 Å². The van der Waals surface area contributed by atoms with Crippen LogP contribution in [0.3, 0.4) is 0 Å². The van der Waals surface area contributed by atoms with Crippen LogP contribution < -0.4 is 16.2 Å². The van der Waals surface area contributed by atoms with Gasteiger partial charge in [0.05, 0.1) is 5.69 Å². The zero-order valence-corrected chi connectivity index (χ0v) is 12.5. The van der Waals surface area contributed by atoms with Crippen molar-refractivity contribution in [3.05, 3.63) is 18.2 Å². The van der Waals surface area contributed by atoms with E-state index in [1.807, 2.05) is 0 Å². The van der Waals surface area contributed by atoms with Crippen LogP contribution in [0.1, 0.15) is 27.7 Å². The van der Waals surface area contributed by atoms with E-state index in [9.17, 15) is 8.42 Å². The third kappa shape index (κ3) is 2.19. The Morgan fingerprint density at radius 3 is 2.05 bits per heavy atom. The molecule has 0 heterocycles. The Balaban J connectivity index is 2.24. The van der Waals surface area contributed by atoms with Gasteiger partial charge in [-0.25, -0.2) is 13.6 Å². The number of hydrogen-bond acceptors (Lipinski definition) is 4. The van der Waals surface area contributed by atoms with E-state index in [1.54, 1.807) is 12.1 Å². The number of rotatable bonds is 3. The highest BCUT2D eigenvalue weighted by molar-refractivity contribution is 7.89. The van der Waals surface area contributed by atoms with Gasteiger partial charge in [-0.3, -0.25) is 0 Å². The Morgan fingerprint density at radius 2 is 1.68 bits per heavy atom. The van der Waals surface area contributed by atoms with E-state index in [0.717, 1.165) is 5.69 Å². The zero-order chi connectivity index (χ0) is 14.6. The summed E-state index contributed by atoms with van der Waals surface area (Å²) in [5.41, 5.74) is 7.11. The molecule has 0 aliphatic heterocycles. The van der Waals surface area contributed by atoms with E-state index in [2.05, 4.69) is 33.0 Å². The highest BCUT2D eigenvalue weighted by Crippen LogP contribution is 2.63. The predicted molar refractivity (Wildman–Crippen MR) is 77.2 cm³/mol. The van der Waals surface area contributed by atoms with E-state index in [4.69, 9.17) is 10.9 Å². The fourth-order valence-corrected chi connectivity index (χ4v) is 3.27. The van der Waals surface area contributed by atoms with Gasteiger partial charge in [0.1, 0.15) is 4.90 Å². The molecule has 5 nitrogen and oxygen atoms in total. The van der Waals surface area contributed by atoms with Crippen molar-refractivity contribution >= 4 is 21.4 Å². The van der Waals surface area contributed by atoms with Crippen LogP contribution in [-0.2, 0) is 10.0 Å². The minimum atomic E-state index is -3.76. The minimum absolute atomic E-state index is 0.0348. The Morgan fingerprint density at radius 1 is 1.16 bits per heavy atom. The zero-order valence-electron chi connectivity index (χ0n) is 11.7. The second kappa shape index (κ2) is 3.86. The van der Waals surface area contributed by atoms with Gasteiger partial charge in [-0.05, 0) is 29.0 Å². The number of primary sulfonamides is 1. The van der Waals surface area contributed by atoms with Crippen molar-refractivity contribution in [2.75, 3.05) is 11.1 Å². The van der Waals surface area contributed by atoms with Gasteiger partial charge in [-0.2, -0.15) is 0 Å². The van der Waals surface area contributed by atoms with Crippen LogP contribution in [0.5, 0.6) is 0 Å². The van der Waals surface area contributed by atoms with E-state index in [0.29, 0.717) is 6.04 Å². The van der Waals surface area contributed by atoms with E-state index in [-0.39, 0.29) is 21.4 Å². The molecule has 0 saturated heterocycles. The minimum Gasteiger partial charge on any atom is -0.398 e. The number of nitrogen functional groups attached to an aromatic ring is 1. The van der Waals surface area contributed by atoms with Gasteiger partial charge in [-0.1, -0.05) is 27.7 Å². The molecular formula is C13H21N3O2S. The standard InChI is InChI=1S/C13H21N3O2S/c1-12(2)11(13(12,3)4)16-8-5-6-10(9(14)7-8)19(15,17)18/h5-7,11,16H,14H2,1-4H3,(H2,15,17,18). The number of anilines is 2. The first-order valence-corrected chi connectivity index (χ1v) is 7.71. The highest BCUT2D eigenvalue weighted by atomic mass is 32.2. The van der Waals surface area contributed by atoms with Crippen molar-refractivity contribution in [3.63, 3.8) is 0 Å². The van der Waals surface area contributed by atoms with E-state index >= 15 is 0 Å². The highest BCUT2D eigenvalue weighted by Gasteiger charge is 2.64. The number of sulfonamides is 1. The molecule has 5 N–H and O–H groups in total. The Hall–Kier alpha value is -1.27. The van der Waals surface area contributed by atoms with Gasteiger partial charge in [-0.15, -0.1) is 0 Å². The van der Waals surface area contributed by atoms with Crippen molar-refractivity contribution in [1.29, 1.82) is 0 Å². The Bertz CT molecular complexity index is 607. The molecule has 1 fully saturated rings. The summed E-state index contributed by atoms with van der Waals surface area (Å²) in [5, 5.41) is 8.48. The van der Waals surface area contributed by atoms with Crippen molar-refractivity contribution in [2.45, 2.75) is 38.6 Å². The monoisotopic (exact) mass is 283 g/mol. The molecule has 0 bridgehead atoms. The first kappa shape index (κ1) is 14.1. The number of benzene rings is 1. The summed E-state index contributed by atoms with van der Waals surface area (Å²) in [7, 11) is -3.76. The SMILES string of the molecule is CC1(C)C(Nc2ccc(S(N)(=O)=O)c(N)c2)C1(C)C. The lowest BCUT2D eigenvalue weighted by atomic mass is 10.0. The lowest BCUT2D eigenvalue weighted by molar-refractivity contribution is 0.457. The summed E-state index contributed by atoms with van der Waals surface area (Å²) < 4.78 is 22.6. The van der Waals surface area contributed by atoms with E-state index < -0.39 is 10.0 Å². The normalized spacial score (nSPS) is 21.1. The second-order valence-corrected chi connectivity index (χ2v) is 7.85. The van der Waals surface area contributed by atoms with Crippen LogP contribution in [0.4, 0.5) is 11.4 Å². The summed E-state index contributed by atoms with van der Waals surface area (Å²) in [6, 6.07) is 5.08. The molecular weight excluding hydrogens is 262 g/mol. The van der Waals surface area contributed by atoms with Gasteiger partial charge < -0.3 is 11.1 Å².